The van der Waals surface area contributed by atoms with Crippen LogP contribution >= 0.6 is 23.1 Å². The molecule has 51 heavy (non-hydrogen) atoms. The first-order chi connectivity index (χ1) is 24.5. The first kappa shape index (κ1) is 34.1. The molecular weight excluding hydrogens is 701 g/mol. The second-order valence-electron chi connectivity index (χ2n) is 12.2. The molecule has 18 heteroatoms. The van der Waals surface area contributed by atoms with E-state index in [1.54, 1.807) is 12.4 Å². The maximum Gasteiger partial charge on any atom is 0.387 e. The van der Waals surface area contributed by atoms with Crippen molar-refractivity contribution in [2.45, 2.75) is 51.9 Å². The van der Waals surface area contributed by atoms with Crippen LogP contribution in [0.3, 0.4) is 0 Å². The quantitative estimate of drug-likeness (QED) is 0.185. The van der Waals surface area contributed by atoms with Crippen LogP contribution in [0, 0.1) is 6.92 Å². The van der Waals surface area contributed by atoms with Crippen LogP contribution in [-0.2, 0) is 17.9 Å². The number of allylic oxidation sites excluding steroid dienone is 1. The third-order valence-electron chi connectivity index (χ3n) is 8.88. The lowest BCUT2D eigenvalue weighted by atomic mass is 10.00. The minimum absolute atomic E-state index is 0.0264. The van der Waals surface area contributed by atoms with Crippen LogP contribution in [-0.4, -0.2) is 73.8 Å². The molecule has 1 unspecified atom stereocenters. The fourth-order valence-electron chi connectivity index (χ4n) is 6.09. The monoisotopic (exact) mass is 733 g/mol. The number of carbonyl (C=O) groups excluding carboxylic acids is 2. The fourth-order valence-corrected chi connectivity index (χ4v) is 8.36. The van der Waals surface area contributed by atoms with Crippen molar-refractivity contribution >= 4 is 62.2 Å². The van der Waals surface area contributed by atoms with Gasteiger partial charge in [0.2, 0.25) is 0 Å². The Kier molecular flexibility index (Phi) is 9.19. The van der Waals surface area contributed by atoms with Crippen molar-refractivity contribution in [3.8, 4) is 5.75 Å². The summed E-state index contributed by atoms with van der Waals surface area (Å²) in [6.45, 7) is 4.33. The lowest BCUT2D eigenvalue weighted by Crippen LogP contribution is -2.59. The van der Waals surface area contributed by atoms with Gasteiger partial charge in [-0.1, -0.05) is 11.8 Å². The molecule has 0 radical (unpaired) electrons. The van der Waals surface area contributed by atoms with Crippen LogP contribution in [0.4, 0.5) is 20.2 Å². The average molecular weight is 734 g/mol. The number of aryl methyl sites for hydroxylation is 1. The summed E-state index contributed by atoms with van der Waals surface area (Å²) in [6, 6.07) is 6.67. The molecule has 0 aliphatic carbocycles. The number of halogens is 2. The number of hydrogen-bond acceptors (Lipinski definition) is 14. The number of ether oxygens (including phenoxy) is 1. The molecule has 0 bridgehead atoms. The van der Waals surface area contributed by atoms with Crippen LogP contribution in [0.15, 0.2) is 69.7 Å². The number of nitrogens with one attached hydrogen (secondary N) is 2. The van der Waals surface area contributed by atoms with E-state index in [0.717, 1.165) is 45.6 Å². The van der Waals surface area contributed by atoms with Crippen molar-refractivity contribution in [2.75, 3.05) is 23.7 Å². The maximum absolute atomic E-state index is 13.5. The molecule has 4 aromatic rings. The standard InChI is InChI=1S/C33H33F2N11O3S2/c1-15-16(2)44-46(32-23(15)25(36)28(51-32)30(48)41-19-12-45(13-19)20-5-4-8-38-10-20)14-22-17(3)42-43-31-24(22)26(37)27(50-31)29(47)40-9-18-6-7-21(11-39-18)49-33(34)35/h4-8,10-11,19,32-33H,9,12-14,36-37H2,1-3H3,(H,40,47)(H,41,48). The topological polar surface area (TPSA) is 190 Å². The van der Waals surface area contributed by atoms with Gasteiger partial charge in [-0.2, -0.15) is 19.0 Å². The van der Waals surface area contributed by atoms with Crippen LogP contribution in [0.2, 0.25) is 0 Å². The second-order valence-corrected chi connectivity index (χ2v) is 14.2. The van der Waals surface area contributed by atoms with Gasteiger partial charge in [0.05, 0.1) is 70.6 Å². The Morgan fingerprint density at radius 2 is 1.90 bits per heavy atom. The predicted molar refractivity (Wildman–Crippen MR) is 191 cm³/mol. The number of alkyl halides is 2. The van der Waals surface area contributed by atoms with E-state index in [-0.39, 0.29) is 46.7 Å². The van der Waals surface area contributed by atoms with Crippen molar-refractivity contribution < 1.29 is 23.1 Å². The van der Waals surface area contributed by atoms with Gasteiger partial charge in [-0.3, -0.25) is 24.6 Å². The maximum atomic E-state index is 13.5. The van der Waals surface area contributed by atoms with E-state index in [2.05, 4.69) is 40.4 Å². The summed E-state index contributed by atoms with van der Waals surface area (Å²) >= 11 is 2.46. The van der Waals surface area contributed by atoms with Gasteiger partial charge in [-0.25, -0.2) is 0 Å². The summed E-state index contributed by atoms with van der Waals surface area (Å²) in [7, 11) is 0. The van der Waals surface area contributed by atoms with E-state index in [0.29, 0.717) is 45.3 Å². The number of thioether (sulfide) groups is 1. The second kappa shape index (κ2) is 13.7. The van der Waals surface area contributed by atoms with E-state index >= 15 is 0 Å². The molecule has 7 heterocycles. The number of aromatic nitrogens is 4. The van der Waals surface area contributed by atoms with Crippen LogP contribution in [0.1, 0.15) is 40.5 Å². The molecule has 6 N–H and O–H groups in total. The lowest BCUT2D eigenvalue weighted by molar-refractivity contribution is -0.117. The zero-order valence-electron chi connectivity index (χ0n) is 27.7. The van der Waals surface area contributed by atoms with E-state index < -0.39 is 12.5 Å². The highest BCUT2D eigenvalue weighted by molar-refractivity contribution is 8.05. The lowest BCUT2D eigenvalue weighted by Gasteiger charge is -2.41. The molecule has 3 aliphatic rings. The number of hydrazone groups is 1. The molecule has 14 nitrogen and oxygen atoms in total. The Labute approximate surface area is 299 Å². The zero-order valence-corrected chi connectivity index (χ0v) is 29.3. The summed E-state index contributed by atoms with van der Waals surface area (Å²) in [5, 5.41) is 21.6. The van der Waals surface area contributed by atoms with Crippen molar-refractivity contribution in [2.24, 2.45) is 10.8 Å². The van der Waals surface area contributed by atoms with Gasteiger partial charge in [-0.05, 0) is 50.6 Å². The van der Waals surface area contributed by atoms with Crippen molar-refractivity contribution in [3.63, 3.8) is 0 Å². The third kappa shape index (κ3) is 6.63. The number of rotatable bonds is 10. The van der Waals surface area contributed by atoms with Gasteiger partial charge >= 0.3 is 6.61 Å². The predicted octanol–water partition coefficient (Wildman–Crippen LogP) is 3.66. The van der Waals surface area contributed by atoms with Gasteiger partial charge in [0.15, 0.2) is 0 Å². The molecule has 3 aliphatic heterocycles. The van der Waals surface area contributed by atoms with E-state index in [9.17, 15) is 18.4 Å². The molecule has 0 spiro atoms. The third-order valence-corrected chi connectivity index (χ3v) is 11.3. The van der Waals surface area contributed by atoms with E-state index in [1.807, 2.05) is 37.9 Å². The Morgan fingerprint density at radius 3 is 2.61 bits per heavy atom. The molecule has 4 aromatic heterocycles. The van der Waals surface area contributed by atoms with Gasteiger partial charge in [0.25, 0.3) is 11.8 Å². The molecule has 2 amide bonds. The fraction of sp³-hybridized carbons (Fsp3) is 0.303. The zero-order chi connectivity index (χ0) is 36.0. The number of nitrogen functional groups attached to an aromatic ring is 1. The normalized spacial score (nSPS) is 17.5. The number of amides is 2. The molecular formula is C33H33F2N11O3S2. The smallest absolute Gasteiger partial charge is 0.387 e. The van der Waals surface area contributed by atoms with Crippen LogP contribution in [0.25, 0.3) is 10.2 Å². The summed E-state index contributed by atoms with van der Waals surface area (Å²) in [5.74, 6) is -0.761. The molecule has 1 fully saturated rings. The molecule has 264 valence electrons. The summed E-state index contributed by atoms with van der Waals surface area (Å²) in [4.78, 5) is 38.4. The molecule has 1 atom stereocenters. The number of anilines is 2. The molecule has 7 rings (SSSR count). The number of hydrogen-bond donors (Lipinski definition) is 4. The highest BCUT2D eigenvalue weighted by atomic mass is 32.2. The van der Waals surface area contributed by atoms with Gasteiger partial charge in [0.1, 0.15) is 20.8 Å². The average Bonchev–Trinajstić information content (AvgIpc) is 3.62. The minimum atomic E-state index is -2.96. The van der Waals surface area contributed by atoms with E-state index in [1.165, 1.54) is 23.9 Å². The number of fused-ring (bicyclic) bond motifs is 2. The van der Waals surface area contributed by atoms with Gasteiger partial charge in [-0.15, -0.1) is 16.4 Å². The van der Waals surface area contributed by atoms with Crippen molar-refractivity contribution in [1.82, 2.24) is 35.8 Å². The molecule has 1 saturated heterocycles. The number of pyridine rings is 2. The minimum Gasteiger partial charge on any atom is -0.433 e. The molecule has 0 saturated carbocycles. The highest BCUT2D eigenvalue weighted by Crippen LogP contribution is 2.46. The Hall–Kier alpha value is -5.36. The van der Waals surface area contributed by atoms with E-state index in [4.69, 9.17) is 16.6 Å². The van der Waals surface area contributed by atoms with Crippen LogP contribution < -0.4 is 31.7 Å². The van der Waals surface area contributed by atoms with Crippen LogP contribution in [0.5, 0.6) is 5.75 Å². The van der Waals surface area contributed by atoms with Crippen molar-refractivity contribution in [1.29, 1.82) is 0 Å². The largest absolute Gasteiger partial charge is 0.433 e. The SMILES string of the molecule is CC1=NN(Cc2c(C)nnc3sc(C(=O)NCc4ccc(OC(F)F)cn4)c(N)c23)C2SC(C(=O)NC3CN(c4cccnc4)C3)=C(N)C2=C1C. The van der Waals surface area contributed by atoms with Gasteiger partial charge < -0.3 is 31.7 Å². The number of thiophene rings is 1. The number of nitrogens with two attached hydrogens (primary N) is 2. The molecule has 0 aromatic carbocycles. The van der Waals surface area contributed by atoms with Gasteiger partial charge in [0, 0.05) is 35.8 Å². The first-order valence-corrected chi connectivity index (χ1v) is 17.6. The summed E-state index contributed by atoms with van der Waals surface area (Å²) < 4.78 is 29.3. The Bertz CT molecular complexity index is 2120. The highest BCUT2D eigenvalue weighted by Gasteiger charge is 2.41. The number of carbonyl (C=O) groups is 2. The Balaban J connectivity index is 1.07. The summed E-state index contributed by atoms with van der Waals surface area (Å²) in [5.41, 5.74) is 19.3. The Morgan fingerprint density at radius 1 is 1.10 bits per heavy atom. The van der Waals surface area contributed by atoms with Crippen molar-refractivity contribution in [3.05, 3.63) is 86.4 Å². The number of nitrogens with zero attached hydrogens (tertiary/aromatic N) is 7. The summed E-state index contributed by atoms with van der Waals surface area (Å²) in [6.07, 6.45) is 4.69. The first-order valence-electron chi connectivity index (χ1n) is 15.9.